The first-order valence-corrected chi connectivity index (χ1v) is 6.71. The molecule has 1 unspecified atom stereocenters. The van der Waals surface area contributed by atoms with Gasteiger partial charge in [-0.1, -0.05) is 66.9 Å². The first-order valence-electron chi connectivity index (χ1n) is 5.89. The van der Waals surface area contributed by atoms with E-state index in [2.05, 4.69) is 6.58 Å². The molecule has 0 radical (unpaired) electrons. The molecule has 92 valence electrons. The minimum atomic E-state index is -0.477. The second-order valence-corrected chi connectivity index (χ2v) is 5.34. The molecule has 0 saturated carbocycles. The standard InChI is InChI=1S/C16H16OS/c1-13(18-15-10-6-3-7-11-15)12-16(17)14-8-4-2-5-9-14/h2-11,16-17H,1,12H2. The maximum atomic E-state index is 10.1. The van der Waals surface area contributed by atoms with Crippen LogP contribution in [0.25, 0.3) is 0 Å². The number of aliphatic hydroxyl groups is 1. The summed E-state index contributed by atoms with van der Waals surface area (Å²) in [6.07, 6.45) is 0.0961. The molecule has 0 fully saturated rings. The van der Waals surface area contributed by atoms with E-state index in [1.54, 1.807) is 11.8 Å². The maximum Gasteiger partial charge on any atom is 0.0835 e. The van der Waals surface area contributed by atoms with Crippen molar-refractivity contribution in [2.24, 2.45) is 0 Å². The van der Waals surface area contributed by atoms with E-state index in [4.69, 9.17) is 0 Å². The van der Waals surface area contributed by atoms with Crippen LogP contribution in [0.5, 0.6) is 0 Å². The van der Waals surface area contributed by atoms with Crippen molar-refractivity contribution in [3.63, 3.8) is 0 Å². The Morgan fingerprint density at radius 1 is 1.00 bits per heavy atom. The second kappa shape index (κ2) is 6.43. The SMILES string of the molecule is C=C(CC(O)c1ccccc1)Sc1ccccc1. The van der Waals surface area contributed by atoms with Gasteiger partial charge in [0.15, 0.2) is 0 Å². The molecule has 1 N–H and O–H groups in total. The Morgan fingerprint density at radius 3 is 2.17 bits per heavy atom. The van der Waals surface area contributed by atoms with Crippen LogP contribution in [0.2, 0.25) is 0 Å². The van der Waals surface area contributed by atoms with Crippen molar-refractivity contribution < 1.29 is 5.11 Å². The molecule has 0 aliphatic rings. The number of hydrogen-bond acceptors (Lipinski definition) is 2. The van der Waals surface area contributed by atoms with Crippen molar-refractivity contribution in [2.45, 2.75) is 17.4 Å². The fourth-order valence-electron chi connectivity index (χ4n) is 1.71. The Labute approximate surface area is 112 Å². The number of thioether (sulfide) groups is 1. The summed E-state index contributed by atoms with van der Waals surface area (Å²) in [4.78, 5) is 2.13. The molecule has 0 bridgehead atoms. The third-order valence-corrected chi connectivity index (χ3v) is 3.57. The van der Waals surface area contributed by atoms with Gasteiger partial charge in [0.05, 0.1) is 6.10 Å². The highest BCUT2D eigenvalue weighted by Gasteiger charge is 2.09. The summed E-state index contributed by atoms with van der Waals surface area (Å²) in [7, 11) is 0. The molecule has 0 aliphatic heterocycles. The van der Waals surface area contributed by atoms with Gasteiger partial charge < -0.3 is 5.11 Å². The van der Waals surface area contributed by atoms with E-state index >= 15 is 0 Å². The van der Waals surface area contributed by atoms with Crippen molar-refractivity contribution in [2.75, 3.05) is 0 Å². The molecule has 0 aromatic heterocycles. The quantitative estimate of drug-likeness (QED) is 0.799. The molecular formula is C16H16OS. The molecule has 1 atom stereocenters. The zero-order chi connectivity index (χ0) is 12.8. The summed E-state index contributed by atoms with van der Waals surface area (Å²) in [6, 6.07) is 19.8. The zero-order valence-electron chi connectivity index (χ0n) is 10.1. The lowest BCUT2D eigenvalue weighted by molar-refractivity contribution is 0.180. The van der Waals surface area contributed by atoms with E-state index in [9.17, 15) is 5.11 Å². The minimum Gasteiger partial charge on any atom is -0.388 e. The predicted molar refractivity (Wildman–Crippen MR) is 77.5 cm³/mol. The van der Waals surface area contributed by atoms with Crippen LogP contribution in [0.4, 0.5) is 0 Å². The third-order valence-electron chi connectivity index (χ3n) is 2.61. The van der Waals surface area contributed by atoms with Crippen LogP contribution >= 0.6 is 11.8 Å². The van der Waals surface area contributed by atoms with Crippen LogP contribution in [0, 0.1) is 0 Å². The predicted octanol–water partition coefficient (Wildman–Crippen LogP) is 4.42. The first-order chi connectivity index (χ1) is 8.75. The van der Waals surface area contributed by atoms with Crippen molar-refractivity contribution in [1.82, 2.24) is 0 Å². The summed E-state index contributed by atoms with van der Waals surface area (Å²) in [6.45, 7) is 4.02. The fourth-order valence-corrected chi connectivity index (χ4v) is 2.57. The summed E-state index contributed by atoms with van der Waals surface area (Å²) in [5.74, 6) is 0. The first kappa shape index (κ1) is 12.9. The Morgan fingerprint density at radius 2 is 1.56 bits per heavy atom. The molecule has 0 amide bonds. The maximum absolute atomic E-state index is 10.1. The lowest BCUT2D eigenvalue weighted by atomic mass is 10.1. The molecule has 2 rings (SSSR count). The van der Waals surface area contributed by atoms with Crippen LogP contribution in [-0.2, 0) is 0 Å². The van der Waals surface area contributed by atoms with Gasteiger partial charge in [-0.15, -0.1) is 0 Å². The topological polar surface area (TPSA) is 20.2 Å². The highest BCUT2D eigenvalue weighted by molar-refractivity contribution is 8.03. The van der Waals surface area contributed by atoms with Gasteiger partial charge in [-0.25, -0.2) is 0 Å². The summed E-state index contributed by atoms with van der Waals surface area (Å²) in [5, 5.41) is 10.1. The molecule has 0 heterocycles. The zero-order valence-corrected chi connectivity index (χ0v) is 10.9. The van der Waals surface area contributed by atoms with Crippen LogP contribution in [0.1, 0.15) is 18.1 Å². The van der Waals surface area contributed by atoms with Crippen LogP contribution in [-0.4, -0.2) is 5.11 Å². The molecule has 2 heteroatoms. The average molecular weight is 256 g/mol. The van der Waals surface area contributed by atoms with E-state index in [0.717, 1.165) is 15.4 Å². The minimum absolute atomic E-state index is 0.477. The van der Waals surface area contributed by atoms with Crippen molar-refractivity contribution in [3.8, 4) is 0 Å². The normalized spacial score (nSPS) is 12.1. The van der Waals surface area contributed by atoms with Crippen LogP contribution in [0.15, 0.2) is 77.0 Å². The molecule has 2 aromatic rings. The van der Waals surface area contributed by atoms with Crippen molar-refractivity contribution in [1.29, 1.82) is 0 Å². The fraction of sp³-hybridized carbons (Fsp3) is 0.125. The summed E-state index contributed by atoms with van der Waals surface area (Å²) in [5.41, 5.74) is 0.937. The number of rotatable bonds is 5. The van der Waals surface area contributed by atoms with Gasteiger partial charge in [0.25, 0.3) is 0 Å². The summed E-state index contributed by atoms with van der Waals surface area (Å²) >= 11 is 1.61. The van der Waals surface area contributed by atoms with Crippen molar-refractivity contribution in [3.05, 3.63) is 77.7 Å². The van der Waals surface area contributed by atoms with Crippen LogP contribution < -0.4 is 0 Å². The van der Waals surface area contributed by atoms with Gasteiger partial charge in [0, 0.05) is 11.3 Å². The molecule has 18 heavy (non-hydrogen) atoms. The van der Waals surface area contributed by atoms with Gasteiger partial charge in [-0.3, -0.25) is 0 Å². The number of aliphatic hydroxyl groups excluding tert-OH is 1. The second-order valence-electron chi connectivity index (χ2n) is 4.08. The van der Waals surface area contributed by atoms with Gasteiger partial charge in [-0.2, -0.15) is 0 Å². The molecule has 0 saturated heterocycles. The molecular weight excluding hydrogens is 240 g/mol. The highest BCUT2D eigenvalue weighted by Crippen LogP contribution is 2.31. The van der Waals surface area contributed by atoms with E-state index in [1.165, 1.54) is 0 Å². The van der Waals surface area contributed by atoms with E-state index in [0.29, 0.717) is 6.42 Å². The Kier molecular flexibility index (Phi) is 4.62. The number of hydrogen-bond donors (Lipinski definition) is 1. The largest absolute Gasteiger partial charge is 0.388 e. The Hall–Kier alpha value is -1.51. The third kappa shape index (κ3) is 3.76. The number of benzene rings is 2. The molecule has 1 nitrogen and oxygen atoms in total. The lowest BCUT2D eigenvalue weighted by Gasteiger charge is -2.12. The van der Waals surface area contributed by atoms with Gasteiger partial charge in [0.2, 0.25) is 0 Å². The van der Waals surface area contributed by atoms with Gasteiger partial charge in [0.1, 0.15) is 0 Å². The van der Waals surface area contributed by atoms with Gasteiger partial charge >= 0.3 is 0 Å². The highest BCUT2D eigenvalue weighted by atomic mass is 32.2. The summed E-state index contributed by atoms with van der Waals surface area (Å²) < 4.78 is 0. The Bertz CT molecular complexity index is 493. The molecule has 0 aliphatic carbocycles. The van der Waals surface area contributed by atoms with Crippen LogP contribution in [0.3, 0.4) is 0 Å². The smallest absolute Gasteiger partial charge is 0.0835 e. The molecule has 2 aromatic carbocycles. The van der Waals surface area contributed by atoms with Gasteiger partial charge in [-0.05, 0) is 22.6 Å². The Balaban J connectivity index is 1.92. The van der Waals surface area contributed by atoms with E-state index < -0.39 is 6.10 Å². The monoisotopic (exact) mass is 256 g/mol. The van der Waals surface area contributed by atoms with E-state index in [1.807, 2.05) is 60.7 Å². The average Bonchev–Trinajstić information content (AvgIpc) is 2.40. The lowest BCUT2D eigenvalue weighted by Crippen LogP contribution is -1.97. The molecule has 0 spiro atoms. The van der Waals surface area contributed by atoms with E-state index in [-0.39, 0.29) is 0 Å². The van der Waals surface area contributed by atoms with Crippen molar-refractivity contribution >= 4 is 11.8 Å².